The third-order valence-corrected chi connectivity index (χ3v) is 5.54. The molecule has 0 aliphatic carbocycles. The number of nitriles is 1. The lowest BCUT2D eigenvalue weighted by Crippen LogP contribution is -2.41. The SMILES string of the molecule is CC(C)CCn1cnc2c1c(=O)n(Cc1ccc(C#N)cc1)c(=O)n2Cc1ccccc1. The molecule has 0 radical (unpaired) electrons. The van der Waals surface area contributed by atoms with E-state index >= 15 is 0 Å². The van der Waals surface area contributed by atoms with Gasteiger partial charge in [-0.2, -0.15) is 5.26 Å². The van der Waals surface area contributed by atoms with Gasteiger partial charge >= 0.3 is 5.69 Å². The molecule has 7 nitrogen and oxygen atoms in total. The van der Waals surface area contributed by atoms with E-state index < -0.39 is 5.69 Å². The van der Waals surface area contributed by atoms with Gasteiger partial charge in [-0.3, -0.25) is 13.9 Å². The summed E-state index contributed by atoms with van der Waals surface area (Å²) in [5.41, 5.74) is 2.37. The molecule has 0 spiro atoms. The Labute approximate surface area is 185 Å². The van der Waals surface area contributed by atoms with Crippen molar-refractivity contribution in [3.63, 3.8) is 0 Å². The molecule has 0 saturated carbocycles. The Bertz CT molecular complexity index is 1390. The van der Waals surface area contributed by atoms with Crippen molar-refractivity contribution < 1.29 is 0 Å². The molecular formula is C25H25N5O2. The maximum Gasteiger partial charge on any atom is 0.333 e. The van der Waals surface area contributed by atoms with Crippen LogP contribution in [0.25, 0.3) is 11.2 Å². The Balaban J connectivity index is 1.87. The molecule has 0 aliphatic heterocycles. The van der Waals surface area contributed by atoms with Crippen molar-refractivity contribution in [3.05, 3.63) is 98.5 Å². The van der Waals surface area contributed by atoms with E-state index in [-0.39, 0.29) is 12.1 Å². The van der Waals surface area contributed by atoms with E-state index in [0.717, 1.165) is 17.5 Å². The van der Waals surface area contributed by atoms with E-state index in [1.165, 1.54) is 4.57 Å². The normalized spacial score (nSPS) is 11.2. The number of nitrogens with zero attached hydrogens (tertiary/aromatic N) is 5. The number of aromatic nitrogens is 4. The third kappa shape index (κ3) is 4.26. The molecule has 7 heteroatoms. The fourth-order valence-electron chi connectivity index (χ4n) is 3.72. The molecule has 0 atom stereocenters. The van der Waals surface area contributed by atoms with Crippen LogP contribution in [0.3, 0.4) is 0 Å². The number of aryl methyl sites for hydroxylation is 1. The molecule has 2 heterocycles. The molecule has 0 fully saturated rings. The van der Waals surface area contributed by atoms with Crippen molar-refractivity contribution >= 4 is 11.2 Å². The molecule has 0 amide bonds. The number of benzene rings is 2. The highest BCUT2D eigenvalue weighted by atomic mass is 16.2. The van der Waals surface area contributed by atoms with Gasteiger partial charge in [0.05, 0.1) is 31.0 Å². The van der Waals surface area contributed by atoms with Gasteiger partial charge < -0.3 is 4.57 Å². The first-order chi connectivity index (χ1) is 15.5. The predicted molar refractivity (Wildman–Crippen MR) is 124 cm³/mol. The van der Waals surface area contributed by atoms with Crippen LogP contribution in [-0.2, 0) is 19.6 Å². The Morgan fingerprint density at radius 1 is 0.938 bits per heavy atom. The van der Waals surface area contributed by atoms with E-state index in [1.54, 1.807) is 35.2 Å². The first-order valence-corrected chi connectivity index (χ1v) is 10.7. The topological polar surface area (TPSA) is 85.6 Å². The average Bonchev–Trinajstić information content (AvgIpc) is 3.23. The Morgan fingerprint density at radius 3 is 2.25 bits per heavy atom. The second-order valence-electron chi connectivity index (χ2n) is 8.35. The van der Waals surface area contributed by atoms with Crippen LogP contribution in [0, 0.1) is 17.2 Å². The van der Waals surface area contributed by atoms with Crippen LogP contribution in [0.2, 0.25) is 0 Å². The zero-order valence-corrected chi connectivity index (χ0v) is 18.2. The predicted octanol–water partition coefficient (Wildman–Crippen LogP) is 3.37. The Morgan fingerprint density at radius 2 is 1.59 bits per heavy atom. The van der Waals surface area contributed by atoms with Gasteiger partial charge in [-0.1, -0.05) is 56.3 Å². The van der Waals surface area contributed by atoms with E-state index in [1.807, 2.05) is 34.9 Å². The molecule has 32 heavy (non-hydrogen) atoms. The van der Waals surface area contributed by atoms with Crippen molar-refractivity contribution in [1.29, 1.82) is 5.26 Å². The lowest BCUT2D eigenvalue weighted by Gasteiger charge is -2.13. The van der Waals surface area contributed by atoms with Gasteiger partial charge in [-0.25, -0.2) is 9.78 Å². The van der Waals surface area contributed by atoms with E-state index in [2.05, 4.69) is 24.9 Å². The molecule has 0 N–H and O–H groups in total. The molecule has 162 valence electrons. The van der Waals surface area contributed by atoms with Crippen molar-refractivity contribution in [1.82, 2.24) is 18.7 Å². The summed E-state index contributed by atoms with van der Waals surface area (Å²) in [6.45, 7) is 5.37. The van der Waals surface area contributed by atoms with Crippen LogP contribution >= 0.6 is 0 Å². The zero-order chi connectivity index (χ0) is 22.7. The number of hydrogen-bond donors (Lipinski definition) is 0. The van der Waals surface area contributed by atoms with Crippen molar-refractivity contribution in [2.24, 2.45) is 5.92 Å². The number of fused-ring (bicyclic) bond motifs is 1. The summed E-state index contributed by atoms with van der Waals surface area (Å²) in [7, 11) is 0. The highest BCUT2D eigenvalue weighted by Crippen LogP contribution is 2.13. The number of hydrogen-bond acceptors (Lipinski definition) is 4. The summed E-state index contributed by atoms with van der Waals surface area (Å²) in [4.78, 5) is 31.3. The lowest BCUT2D eigenvalue weighted by molar-refractivity contribution is 0.520. The highest BCUT2D eigenvalue weighted by molar-refractivity contribution is 5.70. The largest absolute Gasteiger partial charge is 0.333 e. The summed E-state index contributed by atoms with van der Waals surface area (Å²) in [6.07, 6.45) is 2.56. The van der Waals surface area contributed by atoms with E-state index in [4.69, 9.17) is 5.26 Å². The second kappa shape index (κ2) is 9.06. The van der Waals surface area contributed by atoms with Crippen LogP contribution < -0.4 is 11.2 Å². The summed E-state index contributed by atoms with van der Waals surface area (Å²) in [5.74, 6) is 0.476. The Kier molecular flexibility index (Phi) is 6.04. The van der Waals surface area contributed by atoms with Gasteiger partial charge in [0.25, 0.3) is 5.56 Å². The summed E-state index contributed by atoms with van der Waals surface area (Å²) >= 11 is 0. The molecule has 2 aromatic carbocycles. The smallest absolute Gasteiger partial charge is 0.325 e. The van der Waals surface area contributed by atoms with Gasteiger partial charge in [0.2, 0.25) is 0 Å². The fraction of sp³-hybridized carbons (Fsp3) is 0.280. The quantitative estimate of drug-likeness (QED) is 0.453. The van der Waals surface area contributed by atoms with Crippen LogP contribution in [0.1, 0.15) is 37.0 Å². The number of imidazole rings is 1. The molecule has 0 bridgehead atoms. The monoisotopic (exact) mass is 427 g/mol. The van der Waals surface area contributed by atoms with Gasteiger partial charge in [0.1, 0.15) is 0 Å². The molecule has 0 unspecified atom stereocenters. The first kappa shape index (κ1) is 21.3. The number of rotatable bonds is 7. The highest BCUT2D eigenvalue weighted by Gasteiger charge is 2.18. The fourth-order valence-corrected chi connectivity index (χ4v) is 3.72. The maximum absolute atomic E-state index is 13.4. The lowest BCUT2D eigenvalue weighted by atomic mass is 10.1. The van der Waals surface area contributed by atoms with Crippen LogP contribution in [0.4, 0.5) is 0 Å². The van der Waals surface area contributed by atoms with Crippen LogP contribution in [0.15, 0.2) is 70.5 Å². The van der Waals surface area contributed by atoms with Crippen LogP contribution in [0.5, 0.6) is 0 Å². The zero-order valence-electron chi connectivity index (χ0n) is 18.2. The second-order valence-corrected chi connectivity index (χ2v) is 8.35. The Hall–Kier alpha value is -3.92. The molecule has 4 rings (SSSR count). The minimum atomic E-state index is -0.398. The van der Waals surface area contributed by atoms with Gasteiger partial charge in [-0.05, 0) is 35.6 Å². The van der Waals surface area contributed by atoms with Crippen molar-refractivity contribution in [2.45, 2.75) is 39.9 Å². The summed E-state index contributed by atoms with van der Waals surface area (Å²) < 4.78 is 4.69. The van der Waals surface area contributed by atoms with Gasteiger partial charge in [0.15, 0.2) is 11.2 Å². The molecule has 0 saturated heterocycles. The molecule has 0 aliphatic rings. The van der Waals surface area contributed by atoms with E-state index in [0.29, 0.717) is 35.7 Å². The van der Waals surface area contributed by atoms with Crippen LogP contribution in [-0.4, -0.2) is 18.7 Å². The summed E-state index contributed by atoms with van der Waals surface area (Å²) in [5, 5.41) is 9.03. The minimum absolute atomic E-state index is 0.128. The third-order valence-electron chi connectivity index (χ3n) is 5.54. The maximum atomic E-state index is 13.4. The van der Waals surface area contributed by atoms with E-state index in [9.17, 15) is 9.59 Å². The van der Waals surface area contributed by atoms with Gasteiger partial charge in [-0.15, -0.1) is 0 Å². The minimum Gasteiger partial charge on any atom is -0.325 e. The van der Waals surface area contributed by atoms with Crippen molar-refractivity contribution in [2.75, 3.05) is 0 Å². The average molecular weight is 428 g/mol. The summed E-state index contributed by atoms with van der Waals surface area (Å²) in [6, 6.07) is 18.7. The molecular weight excluding hydrogens is 402 g/mol. The molecule has 2 aromatic heterocycles. The van der Waals surface area contributed by atoms with Gasteiger partial charge in [0, 0.05) is 6.54 Å². The standard InChI is InChI=1S/C25H25N5O2/c1-18(2)12-13-28-17-27-23-22(28)24(31)30(16-21-10-8-19(14-26)9-11-21)25(32)29(23)15-20-6-4-3-5-7-20/h3-11,17-18H,12-13,15-16H2,1-2H3. The first-order valence-electron chi connectivity index (χ1n) is 10.7. The van der Waals surface area contributed by atoms with Crippen molar-refractivity contribution in [3.8, 4) is 6.07 Å². The molecule has 4 aromatic rings.